The number of carbonyl (C=O) groups is 3. The van der Waals surface area contributed by atoms with Crippen molar-refractivity contribution in [2.45, 2.75) is 18.9 Å². The molecule has 2 fully saturated rings. The van der Waals surface area contributed by atoms with Crippen molar-refractivity contribution < 1.29 is 14.4 Å². The van der Waals surface area contributed by atoms with Crippen molar-refractivity contribution in [2.24, 2.45) is 29.4 Å². The molecule has 3 amide bonds. The van der Waals surface area contributed by atoms with Gasteiger partial charge in [-0.3, -0.25) is 19.3 Å². The van der Waals surface area contributed by atoms with E-state index in [2.05, 4.69) is 0 Å². The molecule has 1 aromatic carbocycles. The molecule has 5 nitrogen and oxygen atoms in total. The highest BCUT2D eigenvalue weighted by Crippen LogP contribution is 2.52. The van der Waals surface area contributed by atoms with Gasteiger partial charge in [0.05, 0.1) is 11.8 Å². The lowest BCUT2D eigenvalue weighted by molar-refractivity contribution is -0.147. The smallest absolute Gasteiger partial charge is 0.241 e. The minimum atomic E-state index is -0.901. The number of hydrogen-bond donors (Lipinski definition) is 1. The van der Waals surface area contributed by atoms with E-state index in [4.69, 9.17) is 5.73 Å². The number of rotatable bonds is 4. The molecule has 1 aliphatic heterocycles. The first-order valence-electron chi connectivity index (χ1n) is 7.96. The van der Waals surface area contributed by atoms with Crippen molar-refractivity contribution >= 4 is 17.7 Å². The first-order valence-corrected chi connectivity index (χ1v) is 7.96. The molecule has 1 saturated heterocycles. The molecule has 3 aliphatic rings. The number of hydrogen-bond acceptors (Lipinski definition) is 3. The molecule has 1 heterocycles. The molecule has 1 saturated carbocycles. The van der Waals surface area contributed by atoms with E-state index in [0.717, 1.165) is 16.9 Å². The Morgan fingerprint density at radius 2 is 1.65 bits per heavy atom. The highest BCUT2D eigenvalue weighted by atomic mass is 16.2. The molecule has 2 aliphatic carbocycles. The van der Waals surface area contributed by atoms with Gasteiger partial charge >= 0.3 is 0 Å². The van der Waals surface area contributed by atoms with Crippen LogP contribution in [-0.4, -0.2) is 28.7 Å². The Morgan fingerprint density at radius 1 is 1.09 bits per heavy atom. The van der Waals surface area contributed by atoms with E-state index in [-0.39, 0.29) is 41.9 Å². The van der Waals surface area contributed by atoms with Crippen LogP contribution in [-0.2, 0) is 20.8 Å². The topological polar surface area (TPSA) is 80.5 Å². The van der Waals surface area contributed by atoms with Crippen molar-refractivity contribution in [3.05, 3.63) is 48.0 Å². The van der Waals surface area contributed by atoms with Gasteiger partial charge in [-0.25, -0.2) is 0 Å². The molecular weight excluding hydrogens is 292 g/mol. The van der Waals surface area contributed by atoms with Crippen LogP contribution in [0.25, 0.3) is 0 Å². The second-order valence-corrected chi connectivity index (χ2v) is 6.65. The fourth-order valence-electron chi connectivity index (χ4n) is 4.39. The van der Waals surface area contributed by atoms with Crippen molar-refractivity contribution in [3.8, 4) is 0 Å². The fourth-order valence-corrected chi connectivity index (χ4v) is 4.39. The van der Waals surface area contributed by atoms with Crippen LogP contribution in [0, 0.1) is 23.7 Å². The first kappa shape index (κ1) is 14.2. The monoisotopic (exact) mass is 310 g/mol. The molecule has 1 aromatic rings. The van der Waals surface area contributed by atoms with Crippen LogP contribution >= 0.6 is 0 Å². The summed E-state index contributed by atoms with van der Waals surface area (Å²) in [6, 6.07) is 8.44. The molecule has 23 heavy (non-hydrogen) atoms. The lowest BCUT2D eigenvalue weighted by Crippen LogP contribution is -2.50. The molecule has 5 atom stereocenters. The van der Waals surface area contributed by atoms with E-state index in [1.807, 2.05) is 42.5 Å². The van der Waals surface area contributed by atoms with Gasteiger partial charge in [0.1, 0.15) is 6.04 Å². The zero-order valence-corrected chi connectivity index (χ0v) is 12.6. The van der Waals surface area contributed by atoms with Crippen LogP contribution < -0.4 is 5.73 Å². The summed E-state index contributed by atoms with van der Waals surface area (Å²) >= 11 is 0. The second kappa shape index (κ2) is 5.05. The van der Waals surface area contributed by atoms with Gasteiger partial charge in [-0.05, 0) is 23.8 Å². The average Bonchev–Trinajstić information content (AvgIpc) is 3.21. The molecule has 4 rings (SSSR count). The fraction of sp³-hybridized carbons (Fsp3) is 0.389. The van der Waals surface area contributed by atoms with E-state index < -0.39 is 11.9 Å². The number of nitrogens with two attached hydrogens (primary N) is 1. The first-order chi connectivity index (χ1) is 11.1. The lowest BCUT2D eigenvalue weighted by Gasteiger charge is -2.25. The highest BCUT2D eigenvalue weighted by Gasteiger charge is 2.60. The number of carbonyl (C=O) groups excluding carboxylic acids is 3. The number of likely N-dealkylation sites (tertiary alicyclic amines) is 1. The SMILES string of the molecule is NC(=O)[C@H](Cc1ccccc1)N1C(=O)[C@@H]2[C@@H](C1=O)[C@H]1C=C[C@H]2C1. The van der Waals surface area contributed by atoms with Crippen LogP contribution in [0.4, 0.5) is 0 Å². The number of primary amides is 1. The Morgan fingerprint density at radius 3 is 2.17 bits per heavy atom. The van der Waals surface area contributed by atoms with Crippen LogP contribution in [0.5, 0.6) is 0 Å². The number of imide groups is 1. The average molecular weight is 310 g/mol. The van der Waals surface area contributed by atoms with Crippen LogP contribution in [0.2, 0.25) is 0 Å². The number of allylic oxidation sites excluding steroid dienone is 2. The maximum Gasteiger partial charge on any atom is 0.241 e. The van der Waals surface area contributed by atoms with Crippen molar-refractivity contribution in [1.29, 1.82) is 0 Å². The molecule has 5 heteroatoms. The van der Waals surface area contributed by atoms with Gasteiger partial charge < -0.3 is 5.73 Å². The van der Waals surface area contributed by atoms with Crippen molar-refractivity contribution in [2.75, 3.05) is 0 Å². The second-order valence-electron chi connectivity index (χ2n) is 6.65. The molecule has 2 bridgehead atoms. The number of fused-ring (bicyclic) bond motifs is 5. The number of amides is 3. The summed E-state index contributed by atoms with van der Waals surface area (Å²) in [5.74, 6) is -1.40. The van der Waals surface area contributed by atoms with E-state index in [0.29, 0.717) is 0 Å². The number of benzene rings is 1. The van der Waals surface area contributed by atoms with Gasteiger partial charge in [0.2, 0.25) is 17.7 Å². The summed E-state index contributed by atoms with van der Waals surface area (Å²) in [4.78, 5) is 38.7. The summed E-state index contributed by atoms with van der Waals surface area (Å²) in [6.45, 7) is 0. The summed E-state index contributed by atoms with van der Waals surface area (Å²) in [7, 11) is 0. The summed E-state index contributed by atoms with van der Waals surface area (Å²) in [5, 5.41) is 0. The van der Waals surface area contributed by atoms with E-state index in [1.165, 1.54) is 0 Å². The molecule has 2 N–H and O–H groups in total. The minimum absolute atomic E-state index is 0.136. The zero-order valence-electron chi connectivity index (χ0n) is 12.6. The normalized spacial score (nSPS) is 32.4. The standard InChI is InChI=1S/C18H18N2O3/c19-16(21)13(8-10-4-2-1-3-5-10)20-17(22)14-11-6-7-12(9-11)15(14)18(20)23/h1-7,11-15H,8-9H2,(H2,19,21)/t11-,12-,13-,14-,15-/m0/s1. The Hall–Kier alpha value is -2.43. The summed E-state index contributed by atoms with van der Waals surface area (Å²) in [5.41, 5.74) is 6.41. The maximum atomic E-state index is 12.8. The van der Waals surface area contributed by atoms with Gasteiger partial charge in [0.25, 0.3) is 0 Å². The molecular formula is C18H18N2O3. The molecule has 0 unspecified atom stereocenters. The minimum Gasteiger partial charge on any atom is -0.368 e. The third kappa shape index (κ3) is 2.03. The Labute approximate surface area is 134 Å². The van der Waals surface area contributed by atoms with E-state index in [1.54, 1.807) is 0 Å². The van der Waals surface area contributed by atoms with Gasteiger partial charge in [-0.2, -0.15) is 0 Å². The lowest BCUT2D eigenvalue weighted by atomic mass is 9.85. The highest BCUT2D eigenvalue weighted by molar-refractivity contribution is 6.09. The largest absolute Gasteiger partial charge is 0.368 e. The third-order valence-corrected chi connectivity index (χ3v) is 5.42. The van der Waals surface area contributed by atoms with Crippen LogP contribution in [0.3, 0.4) is 0 Å². The Bertz CT molecular complexity index is 682. The zero-order chi connectivity index (χ0) is 16.1. The van der Waals surface area contributed by atoms with Gasteiger partial charge in [0, 0.05) is 6.42 Å². The van der Waals surface area contributed by atoms with Crippen LogP contribution in [0.1, 0.15) is 12.0 Å². The van der Waals surface area contributed by atoms with E-state index >= 15 is 0 Å². The van der Waals surface area contributed by atoms with Crippen molar-refractivity contribution in [3.63, 3.8) is 0 Å². The molecule has 0 radical (unpaired) electrons. The maximum absolute atomic E-state index is 12.8. The molecule has 0 aromatic heterocycles. The van der Waals surface area contributed by atoms with Crippen LogP contribution in [0.15, 0.2) is 42.5 Å². The predicted molar refractivity (Wildman–Crippen MR) is 82.7 cm³/mol. The molecule has 0 spiro atoms. The Kier molecular flexibility index (Phi) is 3.11. The van der Waals surface area contributed by atoms with Gasteiger partial charge in [-0.1, -0.05) is 42.5 Å². The van der Waals surface area contributed by atoms with E-state index in [9.17, 15) is 14.4 Å². The van der Waals surface area contributed by atoms with Gasteiger partial charge in [0.15, 0.2) is 0 Å². The summed E-state index contributed by atoms with van der Waals surface area (Å²) < 4.78 is 0. The number of nitrogens with zero attached hydrogens (tertiary/aromatic N) is 1. The summed E-state index contributed by atoms with van der Waals surface area (Å²) in [6.07, 6.45) is 5.23. The quantitative estimate of drug-likeness (QED) is 0.662. The molecule has 118 valence electrons. The van der Waals surface area contributed by atoms with Gasteiger partial charge in [-0.15, -0.1) is 0 Å². The Balaban J connectivity index is 1.64. The third-order valence-electron chi connectivity index (χ3n) is 5.42. The van der Waals surface area contributed by atoms with Crippen molar-refractivity contribution in [1.82, 2.24) is 4.90 Å². The predicted octanol–water partition coefficient (Wildman–Crippen LogP) is 0.890.